The van der Waals surface area contributed by atoms with Crippen LogP contribution in [0.3, 0.4) is 0 Å². The molecule has 2 heterocycles. The summed E-state index contributed by atoms with van der Waals surface area (Å²) in [5.41, 5.74) is 5.47. The Balaban J connectivity index is 1.79. The van der Waals surface area contributed by atoms with Gasteiger partial charge in [0.15, 0.2) is 0 Å². The van der Waals surface area contributed by atoms with E-state index in [1.165, 1.54) is 6.42 Å². The molecule has 2 unspecified atom stereocenters. The van der Waals surface area contributed by atoms with E-state index in [2.05, 4.69) is 16.7 Å². The molecule has 5 nitrogen and oxygen atoms in total. The molecule has 98 valence electrons. The summed E-state index contributed by atoms with van der Waals surface area (Å²) in [4.78, 5) is 5.01. The lowest BCUT2D eigenvalue weighted by atomic mass is 10.2. The maximum absolute atomic E-state index is 7.36. The molecular formula is C12H24N4O. The van der Waals surface area contributed by atoms with Crippen LogP contribution in [0.4, 0.5) is 0 Å². The third kappa shape index (κ3) is 3.40. The quantitative estimate of drug-likeness (QED) is 0.540. The van der Waals surface area contributed by atoms with Crippen molar-refractivity contribution < 1.29 is 4.74 Å². The first-order valence-corrected chi connectivity index (χ1v) is 6.55. The number of likely N-dealkylation sites (tertiary alicyclic amines) is 1. The predicted octanol–water partition coefficient (Wildman–Crippen LogP) is 0.107. The highest BCUT2D eigenvalue weighted by molar-refractivity contribution is 5.77. The van der Waals surface area contributed by atoms with Crippen LogP contribution in [-0.4, -0.2) is 67.1 Å². The van der Waals surface area contributed by atoms with Crippen molar-refractivity contribution in [3.63, 3.8) is 0 Å². The van der Waals surface area contributed by atoms with E-state index in [0.29, 0.717) is 24.3 Å². The summed E-state index contributed by atoms with van der Waals surface area (Å²) in [6.45, 7) is 8.31. The standard InChI is InChI=1S/C12H24N4O/c1-10(8-12(13)14)16-3-2-11(9-16)15-4-6-17-7-5-15/h10-11H,2-9H2,1H3,(H3,13,14). The van der Waals surface area contributed by atoms with Gasteiger partial charge in [0.1, 0.15) is 0 Å². The van der Waals surface area contributed by atoms with Crippen LogP contribution in [0, 0.1) is 5.41 Å². The van der Waals surface area contributed by atoms with E-state index < -0.39 is 0 Å². The highest BCUT2D eigenvalue weighted by Gasteiger charge is 2.30. The van der Waals surface area contributed by atoms with Crippen molar-refractivity contribution in [1.29, 1.82) is 5.41 Å². The van der Waals surface area contributed by atoms with E-state index >= 15 is 0 Å². The van der Waals surface area contributed by atoms with Gasteiger partial charge in [-0.15, -0.1) is 0 Å². The monoisotopic (exact) mass is 240 g/mol. The zero-order chi connectivity index (χ0) is 12.3. The van der Waals surface area contributed by atoms with Gasteiger partial charge in [0.2, 0.25) is 0 Å². The van der Waals surface area contributed by atoms with Crippen LogP contribution in [0.5, 0.6) is 0 Å². The fraction of sp³-hybridized carbons (Fsp3) is 0.917. The fourth-order valence-corrected chi connectivity index (χ4v) is 2.86. The van der Waals surface area contributed by atoms with E-state index in [4.69, 9.17) is 15.9 Å². The Morgan fingerprint density at radius 2 is 2.12 bits per heavy atom. The van der Waals surface area contributed by atoms with Gasteiger partial charge in [-0.3, -0.25) is 15.2 Å². The average molecular weight is 240 g/mol. The molecule has 0 radical (unpaired) electrons. The number of amidine groups is 1. The third-order valence-corrected chi connectivity index (χ3v) is 3.90. The van der Waals surface area contributed by atoms with Gasteiger partial charge in [0, 0.05) is 44.7 Å². The van der Waals surface area contributed by atoms with Gasteiger partial charge >= 0.3 is 0 Å². The molecule has 0 saturated carbocycles. The Morgan fingerprint density at radius 1 is 1.41 bits per heavy atom. The minimum absolute atomic E-state index is 0.298. The van der Waals surface area contributed by atoms with Gasteiger partial charge in [-0.2, -0.15) is 0 Å². The van der Waals surface area contributed by atoms with Crippen LogP contribution in [0.15, 0.2) is 0 Å². The Labute approximate surface area is 103 Å². The normalized spacial score (nSPS) is 29.4. The number of ether oxygens (including phenoxy) is 1. The van der Waals surface area contributed by atoms with Crippen LogP contribution < -0.4 is 5.73 Å². The Bertz CT molecular complexity index is 265. The second kappa shape index (κ2) is 5.80. The van der Waals surface area contributed by atoms with E-state index in [-0.39, 0.29) is 0 Å². The SMILES string of the molecule is CC(CC(=N)N)N1CCC(N2CCOCC2)C1. The van der Waals surface area contributed by atoms with Crippen LogP contribution in [0.1, 0.15) is 19.8 Å². The van der Waals surface area contributed by atoms with Crippen molar-refractivity contribution in [2.24, 2.45) is 5.73 Å². The molecular weight excluding hydrogens is 216 g/mol. The molecule has 0 amide bonds. The Morgan fingerprint density at radius 3 is 2.76 bits per heavy atom. The Kier molecular flexibility index (Phi) is 4.36. The molecule has 3 N–H and O–H groups in total. The number of rotatable bonds is 4. The van der Waals surface area contributed by atoms with E-state index in [0.717, 1.165) is 39.4 Å². The number of nitrogens with two attached hydrogens (primary N) is 1. The van der Waals surface area contributed by atoms with Gasteiger partial charge in [-0.1, -0.05) is 0 Å². The first kappa shape index (κ1) is 12.8. The van der Waals surface area contributed by atoms with Crippen LogP contribution in [-0.2, 0) is 4.74 Å². The largest absolute Gasteiger partial charge is 0.388 e. The second-order valence-electron chi connectivity index (χ2n) is 5.16. The first-order valence-electron chi connectivity index (χ1n) is 6.55. The topological polar surface area (TPSA) is 65.6 Å². The molecule has 2 aliphatic rings. The van der Waals surface area contributed by atoms with Gasteiger partial charge in [-0.25, -0.2) is 0 Å². The Hall–Kier alpha value is -0.650. The number of nitrogens with zero attached hydrogens (tertiary/aromatic N) is 2. The number of morpholine rings is 1. The number of nitrogens with one attached hydrogen (secondary N) is 1. The van der Waals surface area contributed by atoms with Crippen LogP contribution in [0.25, 0.3) is 0 Å². The second-order valence-corrected chi connectivity index (χ2v) is 5.16. The van der Waals surface area contributed by atoms with E-state index in [1.54, 1.807) is 0 Å². The zero-order valence-electron chi connectivity index (χ0n) is 10.7. The summed E-state index contributed by atoms with van der Waals surface area (Å²) in [6, 6.07) is 1.08. The molecule has 0 spiro atoms. The molecule has 0 aliphatic carbocycles. The minimum Gasteiger partial charge on any atom is -0.388 e. The average Bonchev–Trinajstić information content (AvgIpc) is 2.78. The van der Waals surface area contributed by atoms with Gasteiger partial charge in [0.05, 0.1) is 19.0 Å². The lowest BCUT2D eigenvalue weighted by Gasteiger charge is -2.32. The zero-order valence-corrected chi connectivity index (χ0v) is 10.7. The number of hydrogen-bond acceptors (Lipinski definition) is 4. The van der Waals surface area contributed by atoms with Crippen molar-refractivity contribution in [3.8, 4) is 0 Å². The molecule has 2 fully saturated rings. The lowest BCUT2D eigenvalue weighted by Crippen LogP contribution is -2.45. The minimum atomic E-state index is 0.298. The smallest absolute Gasteiger partial charge is 0.0920 e. The van der Waals surface area contributed by atoms with E-state index in [1.807, 2.05) is 0 Å². The van der Waals surface area contributed by atoms with Crippen LogP contribution >= 0.6 is 0 Å². The maximum atomic E-state index is 7.36. The van der Waals surface area contributed by atoms with Crippen molar-refractivity contribution in [2.45, 2.75) is 31.8 Å². The molecule has 2 aliphatic heterocycles. The van der Waals surface area contributed by atoms with Crippen molar-refractivity contribution in [2.75, 3.05) is 39.4 Å². The highest BCUT2D eigenvalue weighted by atomic mass is 16.5. The maximum Gasteiger partial charge on any atom is 0.0920 e. The van der Waals surface area contributed by atoms with Crippen molar-refractivity contribution in [3.05, 3.63) is 0 Å². The molecule has 0 bridgehead atoms. The van der Waals surface area contributed by atoms with Gasteiger partial charge in [0.25, 0.3) is 0 Å². The molecule has 17 heavy (non-hydrogen) atoms. The highest BCUT2D eigenvalue weighted by Crippen LogP contribution is 2.19. The molecule has 0 aromatic heterocycles. The summed E-state index contributed by atoms with van der Waals surface area (Å²) in [6.07, 6.45) is 1.93. The first-order chi connectivity index (χ1) is 8.16. The van der Waals surface area contributed by atoms with E-state index in [9.17, 15) is 0 Å². The van der Waals surface area contributed by atoms with Crippen LogP contribution in [0.2, 0.25) is 0 Å². The fourth-order valence-electron chi connectivity index (χ4n) is 2.86. The lowest BCUT2D eigenvalue weighted by molar-refractivity contribution is 0.0178. The molecule has 5 heteroatoms. The third-order valence-electron chi connectivity index (χ3n) is 3.90. The predicted molar refractivity (Wildman–Crippen MR) is 68.4 cm³/mol. The number of hydrogen-bond donors (Lipinski definition) is 2. The molecule has 0 aromatic carbocycles. The molecule has 2 atom stereocenters. The van der Waals surface area contributed by atoms with Gasteiger partial charge < -0.3 is 10.5 Å². The van der Waals surface area contributed by atoms with Gasteiger partial charge in [-0.05, 0) is 13.3 Å². The molecule has 2 saturated heterocycles. The summed E-state index contributed by atoms with van der Waals surface area (Å²) in [5.74, 6) is 0.298. The van der Waals surface area contributed by atoms with Crippen molar-refractivity contribution in [1.82, 2.24) is 9.80 Å². The summed E-state index contributed by atoms with van der Waals surface area (Å²) in [5, 5.41) is 7.36. The molecule has 0 aromatic rings. The molecule has 2 rings (SSSR count). The van der Waals surface area contributed by atoms with Crippen molar-refractivity contribution >= 4 is 5.84 Å². The summed E-state index contributed by atoms with van der Waals surface area (Å²) >= 11 is 0. The summed E-state index contributed by atoms with van der Waals surface area (Å²) < 4.78 is 5.39. The summed E-state index contributed by atoms with van der Waals surface area (Å²) in [7, 11) is 0.